The van der Waals surface area contributed by atoms with Gasteiger partial charge in [0.1, 0.15) is 0 Å². The van der Waals surface area contributed by atoms with Crippen LogP contribution < -0.4 is 5.73 Å². The Kier molecular flexibility index (Phi) is 4.10. The van der Waals surface area contributed by atoms with Crippen LogP contribution in [0.1, 0.15) is 0 Å². The Bertz CT molecular complexity index is 815. The van der Waals surface area contributed by atoms with Crippen molar-refractivity contribution in [2.24, 2.45) is 0 Å². The highest BCUT2D eigenvalue weighted by Crippen LogP contribution is 2.33. The van der Waals surface area contributed by atoms with Gasteiger partial charge in [0.05, 0.1) is 10.2 Å². The lowest BCUT2D eigenvalue weighted by Crippen LogP contribution is -2.02. The van der Waals surface area contributed by atoms with Crippen LogP contribution in [0.3, 0.4) is 0 Å². The molecule has 106 valence electrons. The monoisotopic (exact) mass is 471 g/mol. The third-order valence-corrected chi connectivity index (χ3v) is 4.89. The van der Waals surface area contributed by atoms with E-state index in [1.54, 1.807) is 4.68 Å². The molecule has 0 saturated heterocycles. The summed E-state index contributed by atoms with van der Waals surface area (Å²) in [6.45, 7) is 0. The molecule has 3 rings (SSSR count). The molecule has 2 N–H and O–H groups in total. The minimum Gasteiger partial charge on any atom is -0.398 e. The zero-order valence-corrected chi connectivity index (χ0v) is 15.2. The van der Waals surface area contributed by atoms with Crippen molar-refractivity contribution < 1.29 is 0 Å². The van der Waals surface area contributed by atoms with Gasteiger partial charge in [-0.05, 0) is 72.6 Å². The van der Waals surface area contributed by atoms with Crippen LogP contribution in [-0.2, 0) is 0 Å². The van der Waals surface area contributed by atoms with Crippen LogP contribution >= 0.6 is 47.8 Å². The Labute approximate surface area is 145 Å². The first-order valence-corrected chi connectivity index (χ1v) is 8.24. The van der Waals surface area contributed by atoms with Gasteiger partial charge in [0.15, 0.2) is 5.82 Å². The second kappa shape index (κ2) is 5.86. The molecule has 0 fully saturated rings. The summed E-state index contributed by atoms with van der Waals surface area (Å²) in [7, 11) is 0. The summed E-state index contributed by atoms with van der Waals surface area (Å²) in [4.78, 5) is 0. The van der Waals surface area contributed by atoms with Crippen LogP contribution in [0.4, 0.5) is 5.69 Å². The molecule has 1 heterocycles. The van der Waals surface area contributed by atoms with Crippen molar-refractivity contribution in [1.82, 2.24) is 20.2 Å². The topological polar surface area (TPSA) is 69.6 Å². The SMILES string of the molecule is Nc1cccc(-c2nnnn2-c2ccc(Br)cc2Br)c1Br. The van der Waals surface area contributed by atoms with E-state index in [0.717, 1.165) is 24.7 Å². The Morgan fingerprint density at radius 2 is 1.86 bits per heavy atom. The Morgan fingerprint density at radius 3 is 2.62 bits per heavy atom. The molecule has 1 aromatic heterocycles. The molecule has 0 aliphatic carbocycles. The highest BCUT2D eigenvalue weighted by atomic mass is 79.9. The van der Waals surface area contributed by atoms with E-state index >= 15 is 0 Å². The number of tetrazole rings is 1. The van der Waals surface area contributed by atoms with Crippen LogP contribution in [0.5, 0.6) is 0 Å². The minimum absolute atomic E-state index is 0.609. The van der Waals surface area contributed by atoms with Gasteiger partial charge in [0.2, 0.25) is 0 Å². The number of aromatic nitrogens is 4. The van der Waals surface area contributed by atoms with E-state index in [-0.39, 0.29) is 0 Å². The molecule has 3 aromatic rings. The average molecular weight is 474 g/mol. The van der Waals surface area contributed by atoms with Gasteiger partial charge in [0, 0.05) is 20.2 Å². The van der Waals surface area contributed by atoms with Gasteiger partial charge >= 0.3 is 0 Å². The van der Waals surface area contributed by atoms with Crippen molar-refractivity contribution in [3.8, 4) is 17.1 Å². The number of hydrogen-bond acceptors (Lipinski definition) is 4. The van der Waals surface area contributed by atoms with Gasteiger partial charge in [-0.3, -0.25) is 0 Å². The number of benzene rings is 2. The fraction of sp³-hybridized carbons (Fsp3) is 0. The van der Waals surface area contributed by atoms with Gasteiger partial charge in [-0.1, -0.05) is 22.0 Å². The molecule has 0 bridgehead atoms. The van der Waals surface area contributed by atoms with E-state index in [1.165, 1.54) is 0 Å². The first-order valence-electron chi connectivity index (χ1n) is 5.86. The standard InChI is InChI=1S/C13H8Br3N5/c14-7-4-5-11(9(15)6-7)21-13(18-19-20-21)8-2-1-3-10(17)12(8)16/h1-6H,17H2. The van der Waals surface area contributed by atoms with Crippen molar-refractivity contribution in [3.05, 3.63) is 49.8 Å². The summed E-state index contributed by atoms with van der Waals surface area (Å²) in [6, 6.07) is 11.4. The number of halogens is 3. The number of rotatable bonds is 2. The summed E-state index contributed by atoms with van der Waals surface area (Å²) in [5.74, 6) is 0.609. The third-order valence-electron chi connectivity index (χ3n) is 2.88. The molecular weight excluding hydrogens is 466 g/mol. The van der Waals surface area contributed by atoms with Gasteiger partial charge < -0.3 is 5.73 Å². The average Bonchev–Trinajstić information content (AvgIpc) is 2.91. The van der Waals surface area contributed by atoms with Gasteiger partial charge in [-0.15, -0.1) is 5.10 Å². The van der Waals surface area contributed by atoms with Crippen molar-refractivity contribution in [2.75, 3.05) is 5.73 Å². The number of nitrogens with zero attached hydrogens (tertiary/aromatic N) is 4. The smallest absolute Gasteiger partial charge is 0.188 e. The largest absolute Gasteiger partial charge is 0.398 e. The van der Waals surface area contributed by atoms with Gasteiger partial charge in [-0.2, -0.15) is 4.68 Å². The molecule has 0 aliphatic rings. The van der Waals surface area contributed by atoms with E-state index in [4.69, 9.17) is 5.73 Å². The molecule has 0 aliphatic heterocycles. The maximum Gasteiger partial charge on any atom is 0.188 e. The molecule has 0 saturated carbocycles. The molecule has 0 atom stereocenters. The van der Waals surface area contributed by atoms with Crippen LogP contribution in [0.15, 0.2) is 49.8 Å². The molecule has 0 amide bonds. The maximum atomic E-state index is 5.93. The molecule has 5 nitrogen and oxygen atoms in total. The summed E-state index contributed by atoms with van der Waals surface area (Å²) < 4.78 is 4.29. The summed E-state index contributed by atoms with van der Waals surface area (Å²) in [5, 5.41) is 12.0. The highest BCUT2D eigenvalue weighted by molar-refractivity contribution is 9.11. The van der Waals surface area contributed by atoms with Crippen molar-refractivity contribution in [1.29, 1.82) is 0 Å². The Balaban J connectivity index is 2.20. The number of hydrogen-bond donors (Lipinski definition) is 1. The Morgan fingerprint density at radius 1 is 1.05 bits per heavy atom. The second-order valence-electron chi connectivity index (χ2n) is 4.22. The lowest BCUT2D eigenvalue weighted by Gasteiger charge is -2.09. The van der Waals surface area contributed by atoms with Crippen molar-refractivity contribution >= 4 is 53.5 Å². The van der Waals surface area contributed by atoms with Crippen LogP contribution in [0.25, 0.3) is 17.1 Å². The second-order valence-corrected chi connectivity index (χ2v) is 6.78. The maximum absolute atomic E-state index is 5.93. The van der Waals surface area contributed by atoms with E-state index in [1.807, 2.05) is 36.4 Å². The van der Waals surface area contributed by atoms with Crippen molar-refractivity contribution in [2.45, 2.75) is 0 Å². The first kappa shape index (κ1) is 14.7. The number of nitrogens with two attached hydrogens (primary N) is 1. The lowest BCUT2D eigenvalue weighted by molar-refractivity contribution is 0.788. The first-order chi connectivity index (χ1) is 10.1. The van der Waals surface area contributed by atoms with E-state index in [2.05, 4.69) is 63.3 Å². The minimum atomic E-state index is 0.609. The molecule has 0 spiro atoms. The quantitative estimate of drug-likeness (QED) is 0.566. The molecule has 2 aromatic carbocycles. The lowest BCUT2D eigenvalue weighted by atomic mass is 10.2. The fourth-order valence-electron chi connectivity index (χ4n) is 1.89. The fourth-order valence-corrected chi connectivity index (χ4v) is 3.55. The number of nitrogen functional groups attached to an aromatic ring is 1. The van der Waals surface area contributed by atoms with Crippen LogP contribution in [0.2, 0.25) is 0 Å². The van der Waals surface area contributed by atoms with E-state index in [9.17, 15) is 0 Å². The summed E-state index contributed by atoms with van der Waals surface area (Å²) in [5.41, 5.74) is 8.23. The summed E-state index contributed by atoms with van der Waals surface area (Å²) >= 11 is 10.4. The molecule has 0 radical (unpaired) electrons. The van der Waals surface area contributed by atoms with Gasteiger partial charge in [-0.25, -0.2) is 0 Å². The summed E-state index contributed by atoms with van der Waals surface area (Å²) in [6.07, 6.45) is 0. The number of anilines is 1. The third kappa shape index (κ3) is 2.75. The Hall–Kier alpha value is -1.25. The zero-order chi connectivity index (χ0) is 15.0. The highest BCUT2D eigenvalue weighted by Gasteiger charge is 2.16. The predicted molar refractivity (Wildman–Crippen MR) is 92.1 cm³/mol. The molecular formula is C13H8Br3N5. The van der Waals surface area contributed by atoms with Gasteiger partial charge in [0.25, 0.3) is 0 Å². The van der Waals surface area contributed by atoms with Crippen LogP contribution in [0, 0.1) is 0 Å². The zero-order valence-electron chi connectivity index (χ0n) is 10.5. The predicted octanol–water partition coefficient (Wildman–Crippen LogP) is 4.20. The van der Waals surface area contributed by atoms with Crippen LogP contribution in [-0.4, -0.2) is 20.2 Å². The van der Waals surface area contributed by atoms with E-state index in [0.29, 0.717) is 11.5 Å². The molecule has 8 heteroatoms. The molecule has 21 heavy (non-hydrogen) atoms. The van der Waals surface area contributed by atoms with Crippen molar-refractivity contribution in [3.63, 3.8) is 0 Å². The molecule has 0 unspecified atom stereocenters. The normalized spacial score (nSPS) is 10.8. The van der Waals surface area contributed by atoms with E-state index < -0.39 is 0 Å².